The van der Waals surface area contributed by atoms with E-state index in [2.05, 4.69) is 31.1 Å². The number of hydrogen-bond donors (Lipinski definition) is 4. The van der Waals surface area contributed by atoms with Crippen LogP contribution < -0.4 is 16.0 Å². The van der Waals surface area contributed by atoms with Gasteiger partial charge in [0.2, 0.25) is 5.91 Å². The molecule has 0 bridgehead atoms. The van der Waals surface area contributed by atoms with Gasteiger partial charge < -0.3 is 16.0 Å². The fourth-order valence-corrected chi connectivity index (χ4v) is 3.67. The predicted molar refractivity (Wildman–Crippen MR) is 123 cm³/mol. The minimum Gasteiger partial charge on any atom is -0.362 e. The Morgan fingerprint density at radius 3 is 2.65 bits per heavy atom. The molecule has 0 saturated heterocycles. The van der Waals surface area contributed by atoms with Crippen LogP contribution in [0, 0.1) is 28.9 Å². The lowest BCUT2D eigenvalue weighted by molar-refractivity contribution is -0.117. The number of hydrogen-bond acceptors (Lipinski definition) is 6. The highest BCUT2D eigenvalue weighted by Gasteiger charge is 2.30. The van der Waals surface area contributed by atoms with Gasteiger partial charge >= 0.3 is 0 Å². The predicted octanol–water partition coefficient (Wildman–Crippen LogP) is 5.10. The Balaban J connectivity index is 1.35. The van der Waals surface area contributed by atoms with Gasteiger partial charge in [0, 0.05) is 23.6 Å². The second kappa shape index (κ2) is 8.74. The van der Waals surface area contributed by atoms with Gasteiger partial charge in [-0.1, -0.05) is 6.07 Å². The number of carbonyl (C=O) groups excluding carboxylic acids is 1. The zero-order valence-electron chi connectivity index (χ0n) is 18.5. The van der Waals surface area contributed by atoms with Crippen LogP contribution in [0.1, 0.15) is 61.4 Å². The zero-order chi connectivity index (χ0) is 23.8. The molecule has 1 unspecified atom stereocenters. The van der Waals surface area contributed by atoms with Crippen molar-refractivity contribution < 1.29 is 13.6 Å². The van der Waals surface area contributed by atoms with Gasteiger partial charge in [-0.15, -0.1) is 0 Å². The number of amides is 1. The van der Waals surface area contributed by atoms with Gasteiger partial charge in [0.05, 0.1) is 17.3 Å². The lowest BCUT2D eigenvalue weighted by Gasteiger charge is -2.18. The van der Waals surface area contributed by atoms with Crippen molar-refractivity contribution in [2.45, 2.75) is 44.6 Å². The van der Waals surface area contributed by atoms with E-state index in [-0.39, 0.29) is 34.7 Å². The molecule has 2 saturated carbocycles. The Kier molecular flexibility index (Phi) is 5.61. The Bertz CT molecular complexity index is 1290. The van der Waals surface area contributed by atoms with Gasteiger partial charge in [0.25, 0.3) is 0 Å². The quantitative estimate of drug-likeness (QED) is 0.369. The maximum Gasteiger partial charge on any atom is 0.227 e. The van der Waals surface area contributed by atoms with E-state index in [1.807, 2.05) is 12.1 Å². The minimum atomic E-state index is -0.683. The fourth-order valence-electron chi connectivity index (χ4n) is 3.67. The van der Waals surface area contributed by atoms with Gasteiger partial charge in [-0.25, -0.2) is 13.8 Å². The third kappa shape index (κ3) is 4.69. The first-order chi connectivity index (χ1) is 16.4. The van der Waals surface area contributed by atoms with E-state index in [0.717, 1.165) is 37.4 Å². The maximum absolute atomic E-state index is 14.6. The smallest absolute Gasteiger partial charge is 0.227 e. The summed E-state index contributed by atoms with van der Waals surface area (Å²) in [6, 6.07) is 8.86. The number of rotatable bonds is 8. The summed E-state index contributed by atoms with van der Waals surface area (Å²) in [5.41, 5.74) is 1.78. The van der Waals surface area contributed by atoms with Gasteiger partial charge in [-0.2, -0.15) is 10.4 Å². The van der Waals surface area contributed by atoms with E-state index in [0.29, 0.717) is 17.3 Å². The number of pyridine rings is 1. The van der Waals surface area contributed by atoms with Crippen LogP contribution in [0.2, 0.25) is 0 Å². The molecular weight excluding hydrogens is 440 g/mol. The van der Waals surface area contributed by atoms with Crippen LogP contribution in [-0.2, 0) is 4.79 Å². The molecule has 2 fully saturated rings. The third-order valence-electron chi connectivity index (χ3n) is 6.01. The van der Waals surface area contributed by atoms with E-state index >= 15 is 0 Å². The van der Waals surface area contributed by atoms with E-state index in [4.69, 9.17) is 0 Å². The maximum atomic E-state index is 14.6. The number of benzene rings is 1. The van der Waals surface area contributed by atoms with Gasteiger partial charge in [-0.05, 0) is 56.4 Å². The summed E-state index contributed by atoms with van der Waals surface area (Å²) in [6.07, 6.45) is 3.84. The van der Waals surface area contributed by atoms with Gasteiger partial charge in [0.1, 0.15) is 17.7 Å². The largest absolute Gasteiger partial charge is 0.362 e. The molecule has 174 valence electrons. The lowest BCUT2D eigenvalue weighted by Crippen LogP contribution is -2.16. The molecule has 4 N–H and O–H groups in total. The van der Waals surface area contributed by atoms with Crippen LogP contribution in [0.15, 0.2) is 30.3 Å². The average Bonchev–Trinajstić information content (AvgIpc) is 3.75. The van der Waals surface area contributed by atoms with E-state index < -0.39 is 17.7 Å². The number of nitriles is 1. The minimum absolute atomic E-state index is 0.0277. The number of aromatic amines is 1. The van der Waals surface area contributed by atoms with Crippen LogP contribution >= 0.6 is 0 Å². The highest BCUT2D eigenvalue weighted by molar-refractivity contribution is 5.94. The molecule has 1 aromatic carbocycles. The molecule has 2 aliphatic carbocycles. The molecule has 2 aliphatic rings. The van der Waals surface area contributed by atoms with Gasteiger partial charge in [-0.3, -0.25) is 9.89 Å². The van der Waals surface area contributed by atoms with E-state index in [1.165, 1.54) is 6.07 Å². The average molecular weight is 463 g/mol. The zero-order valence-corrected chi connectivity index (χ0v) is 18.5. The number of carbonyl (C=O) groups is 1. The molecule has 0 aliphatic heterocycles. The Labute approximate surface area is 194 Å². The monoisotopic (exact) mass is 463 g/mol. The van der Waals surface area contributed by atoms with Crippen molar-refractivity contribution in [3.05, 3.63) is 58.8 Å². The normalized spacial score (nSPS) is 15.9. The van der Waals surface area contributed by atoms with Crippen LogP contribution in [0.5, 0.6) is 0 Å². The SMILES string of the molecule is CC(Nc1nc(Nc2cc(C3CC3)[nH]n2)c(F)cc1C#N)c1ccc(F)c(NC(=O)C2CC2)c1. The lowest BCUT2D eigenvalue weighted by atomic mass is 10.1. The van der Waals surface area contributed by atoms with Crippen LogP contribution in [0.3, 0.4) is 0 Å². The molecule has 2 aromatic heterocycles. The molecule has 1 amide bonds. The van der Waals surface area contributed by atoms with Crippen molar-refractivity contribution in [1.82, 2.24) is 15.2 Å². The Morgan fingerprint density at radius 2 is 1.94 bits per heavy atom. The van der Waals surface area contributed by atoms with Crippen molar-refractivity contribution in [3.63, 3.8) is 0 Å². The molecule has 0 spiro atoms. The van der Waals surface area contributed by atoms with E-state index in [1.54, 1.807) is 19.1 Å². The van der Waals surface area contributed by atoms with Gasteiger partial charge in [0.15, 0.2) is 17.5 Å². The topological polar surface area (TPSA) is 119 Å². The number of H-pyrrole nitrogens is 1. The number of nitrogens with one attached hydrogen (secondary N) is 4. The summed E-state index contributed by atoms with van der Waals surface area (Å²) in [6.45, 7) is 1.80. The molecule has 5 rings (SSSR count). The number of anilines is 4. The Hall–Kier alpha value is -4.00. The molecule has 10 heteroatoms. The highest BCUT2D eigenvalue weighted by atomic mass is 19.1. The molecule has 8 nitrogen and oxygen atoms in total. The number of aromatic nitrogens is 3. The van der Waals surface area contributed by atoms with Crippen LogP contribution in [-0.4, -0.2) is 21.1 Å². The van der Waals surface area contributed by atoms with Crippen molar-refractivity contribution in [3.8, 4) is 6.07 Å². The van der Waals surface area contributed by atoms with Crippen molar-refractivity contribution in [1.29, 1.82) is 5.26 Å². The molecule has 2 heterocycles. The second-order valence-corrected chi connectivity index (χ2v) is 8.80. The Morgan fingerprint density at radius 1 is 1.15 bits per heavy atom. The highest BCUT2D eigenvalue weighted by Crippen LogP contribution is 2.40. The fraction of sp³-hybridized carbons (Fsp3) is 0.333. The van der Waals surface area contributed by atoms with Crippen molar-refractivity contribution >= 4 is 29.0 Å². The summed E-state index contributed by atoms with van der Waals surface area (Å²) < 4.78 is 28.8. The van der Waals surface area contributed by atoms with E-state index in [9.17, 15) is 18.8 Å². The van der Waals surface area contributed by atoms with Crippen molar-refractivity contribution in [2.75, 3.05) is 16.0 Å². The standard InChI is InChI=1S/C24H23F2N7O/c1-12(15-6-7-17(25)20(9-15)29-24(34)14-4-5-14)28-22-16(11-27)8-18(26)23(31-22)30-21-10-19(32-33-21)13-2-3-13/h6-10,12-14H,2-5H2,1H3,(H,29,34)(H3,28,30,31,32,33). The third-order valence-corrected chi connectivity index (χ3v) is 6.01. The first kappa shape index (κ1) is 21.8. The molecular formula is C24H23F2N7O. The second-order valence-electron chi connectivity index (χ2n) is 8.80. The number of halogens is 2. The van der Waals surface area contributed by atoms with Crippen LogP contribution in [0.4, 0.5) is 31.9 Å². The molecule has 3 aromatic rings. The summed E-state index contributed by atoms with van der Waals surface area (Å²) in [5, 5.41) is 25.2. The molecule has 1 atom stereocenters. The molecule has 34 heavy (non-hydrogen) atoms. The summed E-state index contributed by atoms with van der Waals surface area (Å²) in [4.78, 5) is 16.3. The summed E-state index contributed by atoms with van der Waals surface area (Å²) in [5.74, 6) is -0.454. The van der Waals surface area contributed by atoms with Crippen molar-refractivity contribution in [2.24, 2.45) is 5.92 Å². The summed E-state index contributed by atoms with van der Waals surface area (Å²) in [7, 11) is 0. The first-order valence-corrected chi connectivity index (χ1v) is 11.2. The molecule has 0 radical (unpaired) electrons. The van der Waals surface area contributed by atoms with Crippen LogP contribution in [0.25, 0.3) is 0 Å². The first-order valence-electron chi connectivity index (χ1n) is 11.2. The summed E-state index contributed by atoms with van der Waals surface area (Å²) >= 11 is 0. The number of nitrogens with zero attached hydrogens (tertiary/aromatic N) is 3.